The molecule has 0 radical (unpaired) electrons. The number of aromatic nitrogens is 2. The Morgan fingerprint density at radius 1 is 1.29 bits per heavy atom. The van der Waals surface area contributed by atoms with Gasteiger partial charge in [0.1, 0.15) is 17.1 Å². The number of nitrogens with one attached hydrogen (secondary N) is 1. The lowest BCUT2D eigenvalue weighted by atomic mass is 10.1. The predicted octanol–water partition coefficient (Wildman–Crippen LogP) is 4.71. The second-order valence-corrected chi connectivity index (χ2v) is 6.06. The zero-order valence-electron chi connectivity index (χ0n) is 14.1. The van der Waals surface area contributed by atoms with E-state index in [0.29, 0.717) is 10.8 Å². The van der Waals surface area contributed by atoms with Gasteiger partial charge in [0.2, 0.25) is 0 Å². The first kappa shape index (κ1) is 16.3. The Bertz CT molecular complexity index is 930. The quantitative estimate of drug-likeness (QED) is 0.554. The molecular formula is C18H19ClN4O. The standard InChI is InChI=1S/C18H19ClN4O/c1-11-5-7-15-18(20-10-23(15)3)17(11)22-12(2)21-14-9-13(19)6-8-16(14)24-4/h5-10H,1-4H3,(H,21,22). The van der Waals surface area contributed by atoms with Gasteiger partial charge in [0, 0.05) is 12.1 Å². The van der Waals surface area contributed by atoms with Crippen molar-refractivity contribution in [2.75, 3.05) is 12.4 Å². The largest absolute Gasteiger partial charge is 0.495 e. The van der Waals surface area contributed by atoms with E-state index in [-0.39, 0.29) is 0 Å². The van der Waals surface area contributed by atoms with Crippen LogP contribution in [0.15, 0.2) is 41.7 Å². The summed E-state index contributed by atoms with van der Waals surface area (Å²) in [6.07, 6.45) is 1.80. The van der Waals surface area contributed by atoms with Gasteiger partial charge in [-0.05, 0) is 43.7 Å². The molecule has 1 aromatic heterocycles. The van der Waals surface area contributed by atoms with Gasteiger partial charge in [0.05, 0.1) is 30.3 Å². The number of imidazole rings is 1. The highest BCUT2D eigenvalue weighted by atomic mass is 35.5. The summed E-state index contributed by atoms with van der Waals surface area (Å²) < 4.78 is 7.34. The third-order valence-corrected chi connectivity index (χ3v) is 4.06. The second-order valence-electron chi connectivity index (χ2n) is 5.62. The highest BCUT2D eigenvalue weighted by Gasteiger charge is 2.10. The number of fused-ring (bicyclic) bond motifs is 1. The number of hydrogen-bond donors (Lipinski definition) is 1. The summed E-state index contributed by atoms with van der Waals surface area (Å²) in [7, 11) is 3.60. The molecule has 124 valence electrons. The summed E-state index contributed by atoms with van der Waals surface area (Å²) in [6.45, 7) is 3.93. The molecule has 0 atom stereocenters. The molecule has 0 unspecified atom stereocenters. The minimum absolute atomic E-state index is 0.633. The third kappa shape index (κ3) is 3.08. The fourth-order valence-corrected chi connectivity index (χ4v) is 2.77. The Hall–Kier alpha value is -2.53. The molecule has 0 saturated heterocycles. The van der Waals surface area contributed by atoms with Crippen LogP contribution >= 0.6 is 11.6 Å². The molecule has 0 aliphatic rings. The Morgan fingerprint density at radius 2 is 2.08 bits per heavy atom. The van der Waals surface area contributed by atoms with Gasteiger partial charge in [-0.2, -0.15) is 0 Å². The Morgan fingerprint density at radius 3 is 2.83 bits per heavy atom. The van der Waals surface area contributed by atoms with E-state index in [1.165, 1.54) is 0 Å². The smallest absolute Gasteiger partial charge is 0.142 e. The monoisotopic (exact) mass is 342 g/mol. The summed E-state index contributed by atoms with van der Waals surface area (Å²) >= 11 is 6.08. The van der Waals surface area contributed by atoms with E-state index in [4.69, 9.17) is 21.3 Å². The lowest BCUT2D eigenvalue weighted by molar-refractivity contribution is 0.417. The van der Waals surface area contributed by atoms with Gasteiger partial charge in [-0.3, -0.25) is 0 Å². The summed E-state index contributed by atoms with van der Waals surface area (Å²) in [4.78, 5) is 9.20. The molecule has 3 aromatic rings. The lowest BCUT2D eigenvalue weighted by Crippen LogP contribution is -2.08. The minimum Gasteiger partial charge on any atom is -0.495 e. The van der Waals surface area contributed by atoms with Crippen molar-refractivity contribution in [3.05, 3.63) is 47.2 Å². The molecular weight excluding hydrogens is 324 g/mol. The van der Waals surface area contributed by atoms with Gasteiger partial charge in [-0.1, -0.05) is 17.7 Å². The molecule has 0 saturated carbocycles. The molecule has 0 aliphatic heterocycles. The average Bonchev–Trinajstić information content (AvgIpc) is 2.92. The molecule has 0 aliphatic carbocycles. The van der Waals surface area contributed by atoms with Crippen LogP contribution in [0.3, 0.4) is 0 Å². The number of benzene rings is 2. The van der Waals surface area contributed by atoms with Crippen LogP contribution in [-0.4, -0.2) is 22.5 Å². The maximum Gasteiger partial charge on any atom is 0.142 e. The molecule has 1 N–H and O–H groups in total. The summed E-state index contributed by atoms with van der Waals surface area (Å²) in [5.41, 5.74) is 4.64. The van der Waals surface area contributed by atoms with E-state index in [1.54, 1.807) is 19.5 Å². The zero-order valence-corrected chi connectivity index (χ0v) is 14.8. The van der Waals surface area contributed by atoms with Crippen LogP contribution in [0.2, 0.25) is 5.02 Å². The maximum atomic E-state index is 6.08. The number of anilines is 1. The van der Waals surface area contributed by atoms with E-state index in [0.717, 1.165) is 33.8 Å². The molecule has 1 heterocycles. The number of aliphatic imine (C=N–C) groups is 1. The number of amidine groups is 1. The number of hydrogen-bond acceptors (Lipinski definition) is 3. The van der Waals surface area contributed by atoms with Crippen LogP contribution in [0, 0.1) is 6.92 Å². The molecule has 2 aromatic carbocycles. The fraction of sp³-hybridized carbons (Fsp3) is 0.222. The van der Waals surface area contributed by atoms with Crippen LogP contribution in [-0.2, 0) is 7.05 Å². The van der Waals surface area contributed by atoms with Crippen LogP contribution in [0.5, 0.6) is 5.75 Å². The molecule has 0 fully saturated rings. The van der Waals surface area contributed by atoms with Gasteiger partial charge in [0.25, 0.3) is 0 Å². The molecule has 0 amide bonds. The Kier molecular flexibility index (Phi) is 4.44. The first-order chi connectivity index (χ1) is 11.5. The van der Waals surface area contributed by atoms with Crippen molar-refractivity contribution < 1.29 is 4.74 Å². The van der Waals surface area contributed by atoms with E-state index in [1.807, 2.05) is 37.6 Å². The average molecular weight is 343 g/mol. The first-order valence-electron chi connectivity index (χ1n) is 7.56. The second kappa shape index (κ2) is 6.53. The first-order valence-corrected chi connectivity index (χ1v) is 7.94. The predicted molar refractivity (Wildman–Crippen MR) is 99.8 cm³/mol. The molecule has 24 heavy (non-hydrogen) atoms. The number of nitrogens with zero attached hydrogens (tertiary/aromatic N) is 3. The SMILES string of the molecule is COc1ccc(Cl)cc1NC(C)=Nc1c(C)ccc2c1ncn2C. The Balaban J connectivity index is 2.00. The van der Waals surface area contributed by atoms with Gasteiger partial charge < -0.3 is 14.6 Å². The summed E-state index contributed by atoms with van der Waals surface area (Å²) in [5, 5.41) is 3.89. The van der Waals surface area contributed by atoms with Crippen molar-refractivity contribution >= 4 is 39.8 Å². The van der Waals surface area contributed by atoms with Gasteiger partial charge in [-0.15, -0.1) is 0 Å². The number of methoxy groups -OCH3 is 1. The minimum atomic E-state index is 0.633. The summed E-state index contributed by atoms with van der Waals surface area (Å²) in [6, 6.07) is 9.53. The van der Waals surface area contributed by atoms with Crippen LogP contribution < -0.4 is 10.1 Å². The molecule has 0 spiro atoms. The van der Waals surface area contributed by atoms with E-state index in [9.17, 15) is 0 Å². The van der Waals surface area contributed by atoms with E-state index in [2.05, 4.69) is 22.4 Å². The topological polar surface area (TPSA) is 51.4 Å². The highest BCUT2D eigenvalue weighted by molar-refractivity contribution is 6.31. The van der Waals surface area contributed by atoms with E-state index >= 15 is 0 Å². The zero-order chi connectivity index (χ0) is 17.3. The third-order valence-electron chi connectivity index (χ3n) is 3.83. The van der Waals surface area contributed by atoms with Gasteiger partial charge >= 0.3 is 0 Å². The lowest BCUT2D eigenvalue weighted by Gasteiger charge is -2.12. The van der Waals surface area contributed by atoms with Crippen LogP contribution in [0.4, 0.5) is 11.4 Å². The van der Waals surface area contributed by atoms with Gasteiger partial charge in [-0.25, -0.2) is 9.98 Å². The number of halogens is 1. The Labute approximate surface area is 145 Å². The van der Waals surface area contributed by atoms with Crippen LogP contribution in [0.25, 0.3) is 11.0 Å². The number of rotatable bonds is 3. The van der Waals surface area contributed by atoms with E-state index < -0.39 is 0 Å². The molecule has 6 heteroatoms. The normalized spacial score (nSPS) is 11.8. The fourth-order valence-electron chi connectivity index (χ4n) is 2.60. The molecule has 3 rings (SSSR count). The maximum absolute atomic E-state index is 6.08. The van der Waals surface area contributed by atoms with Crippen molar-refractivity contribution in [1.82, 2.24) is 9.55 Å². The van der Waals surface area contributed by atoms with Crippen molar-refractivity contribution in [2.24, 2.45) is 12.0 Å². The van der Waals surface area contributed by atoms with Crippen LogP contribution in [0.1, 0.15) is 12.5 Å². The van der Waals surface area contributed by atoms with Crippen molar-refractivity contribution in [2.45, 2.75) is 13.8 Å². The van der Waals surface area contributed by atoms with Crippen molar-refractivity contribution in [1.29, 1.82) is 0 Å². The highest BCUT2D eigenvalue weighted by Crippen LogP contribution is 2.30. The van der Waals surface area contributed by atoms with Crippen molar-refractivity contribution in [3.8, 4) is 5.75 Å². The number of aryl methyl sites for hydroxylation is 2. The molecule has 5 nitrogen and oxygen atoms in total. The molecule has 0 bridgehead atoms. The summed E-state index contributed by atoms with van der Waals surface area (Å²) in [5.74, 6) is 1.44. The number of ether oxygens (including phenoxy) is 1. The van der Waals surface area contributed by atoms with Gasteiger partial charge in [0.15, 0.2) is 0 Å². The van der Waals surface area contributed by atoms with Crippen molar-refractivity contribution in [3.63, 3.8) is 0 Å².